The molecule has 0 aliphatic carbocycles. The summed E-state index contributed by atoms with van der Waals surface area (Å²) in [5, 5.41) is 0. The second-order valence-electron chi connectivity index (χ2n) is 8.12. The molecule has 1 aliphatic rings. The summed E-state index contributed by atoms with van der Waals surface area (Å²) in [5.41, 5.74) is 8.54. The van der Waals surface area contributed by atoms with Crippen molar-refractivity contribution >= 4 is 5.91 Å². The van der Waals surface area contributed by atoms with Gasteiger partial charge in [0.1, 0.15) is 12.4 Å². The fourth-order valence-electron chi connectivity index (χ4n) is 4.09. The lowest BCUT2D eigenvalue weighted by molar-refractivity contribution is -0.137. The monoisotopic (exact) mass is 449 g/mol. The molecule has 0 aromatic heterocycles. The number of rotatable bonds is 6. The van der Waals surface area contributed by atoms with Gasteiger partial charge in [0.25, 0.3) is 5.91 Å². The average Bonchev–Trinajstić information content (AvgIpc) is 2.79. The Balaban J connectivity index is 1.63. The van der Waals surface area contributed by atoms with Crippen LogP contribution in [-0.4, -0.2) is 55.0 Å². The molecule has 5 nitrogen and oxygen atoms in total. The van der Waals surface area contributed by atoms with Gasteiger partial charge >= 0.3 is 6.18 Å². The highest BCUT2D eigenvalue weighted by Gasteiger charge is 2.31. The second-order valence-corrected chi connectivity index (χ2v) is 8.12. The van der Waals surface area contributed by atoms with Crippen molar-refractivity contribution in [3.05, 3.63) is 64.2 Å². The van der Waals surface area contributed by atoms with Crippen LogP contribution in [0.4, 0.5) is 13.2 Å². The fraction of sp³-hybridized carbons (Fsp3) is 0.458. The van der Waals surface area contributed by atoms with Gasteiger partial charge < -0.3 is 15.4 Å². The minimum Gasteiger partial charge on any atom is -0.492 e. The van der Waals surface area contributed by atoms with Crippen LogP contribution in [0.15, 0.2) is 36.4 Å². The standard InChI is InChI=1S/C24H30F3N3O2/c1-16-17(2)22(32-15-10-28)9-8-21(16)18(3)29-11-13-30(14-12-29)23(31)19-4-6-20(7-5-19)24(25,26)27/h4-9,18H,10-15,28H2,1-3H3. The molecule has 1 fully saturated rings. The van der Waals surface area contributed by atoms with Crippen LogP contribution in [0.25, 0.3) is 0 Å². The molecular weight excluding hydrogens is 419 g/mol. The molecule has 0 spiro atoms. The Kier molecular flexibility index (Phi) is 7.46. The topological polar surface area (TPSA) is 58.8 Å². The number of nitrogens with two attached hydrogens (primary N) is 1. The van der Waals surface area contributed by atoms with Gasteiger partial charge in [-0.3, -0.25) is 9.69 Å². The first-order valence-corrected chi connectivity index (χ1v) is 10.8. The zero-order valence-corrected chi connectivity index (χ0v) is 18.7. The molecule has 1 amide bonds. The van der Waals surface area contributed by atoms with Gasteiger partial charge in [-0.25, -0.2) is 0 Å². The van der Waals surface area contributed by atoms with E-state index in [0.29, 0.717) is 39.3 Å². The number of hydrogen-bond donors (Lipinski definition) is 1. The zero-order valence-electron chi connectivity index (χ0n) is 18.7. The average molecular weight is 450 g/mol. The number of nitrogens with zero attached hydrogens (tertiary/aromatic N) is 2. The quantitative estimate of drug-likeness (QED) is 0.719. The highest BCUT2D eigenvalue weighted by molar-refractivity contribution is 5.94. The lowest BCUT2D eigenvalue weighted by Crippen LogP contribution is -2.49. The third kappa shape index (κ3) is 5.24. The zero-order chi connectivity index (χ0) is 23.5. The van der Waals surface area contributed by atoms with E-state index in [2.05, 4.69) is 24.8 Å². The molecule has 0 bridgehead atoms. The Bertz CT molecular complexity index is 937. The SMILES string of the molecule is Cc1c(OCCN)ccc(C(C)N2CCN(C(=O)c3ccc(C(F)(F)F)cc3)CC2)c1C. The molecule has 1 aliphatic heterocycles. The molecule has 2 N–H and O–H groups in total. The molecule has 2 aromatic rings. The second kappa shape index (κ2) is 9.92. The Hall–Kier alpha value is -2.58. The summed E-state index contributed by atoms with van der Waals surface area (Å²) in [4.78, 5) is 16.8. The maximum absolute atomic E-state index is 12.8. The minimum absolute atomic E-state index is 0.167. The van der Waals surface area contributed by atoms with Crippen LogP contribution < -0.4 is 10.5 Å². The number of hydrogen-bond acceptors (Lipinski definition) is 4. The van der Waals surface area contributed by atoms with Gasteiger partial charge in [0.05, 0.1) is 5.56 Å². The number of ether oxygens (including phenoxy) is 1. The van der Waals surface area contributed by atoms with Crippen LogP contribution in [0, 0.1) is 13.8 Å². The number of benzene rings is 2. The predicted molar refractivity (Wildman–Crippen MR) is 118 cm³/mol. The number of amides is 1. The Morgan fingerprint density at radius 1 is 1.03 bits per heavy atom. The van der Waals surface area contributed by atoms with Crippen molar-refractivity contribution < 1.29 is 22.7 Å². The van der Waals surface area contributed by atoms with Crippen LogP contribution in [0.1, 0.15) is 45.6 Å². The molecule has 174 valence electrons. The molecule has 2 aromatic carbocycles. The molecule has 0 radical (unpaired) electrons. The number of piperazine rings is 1. The van der Waals surface area contributed by atoms with Crippen molar-refractivity contribution in [2.24, 2.45) is 5.73 Å². The van der Waals surface area contributed by atoms with Crippen molar-refractivity contribution in [2.75, 3.05) is 39.3 Å². The summed E-state index contributed by atoms with van der Waals surface area (Å²) in [6.45, 7) is 9.65. The Morgan fingerprint density at radius 3 is 2.22 bits per heavy atom. The van der Waals surface area contributed by atoms with Gasteiger partial charge in [0.2, 0.25) is 0 Å². The summed E-state index contributed by atoms with van der Waals surface area (Å²) >= 11 is 0. The minimum atomic E-state index is -4.41. The number of halogens is 3. The number of carbonyl (C=O) groups is 1. The van der Waals surface area contributed by atoms with E-state index in [1.807, 2.05) is 13.0 Å². The van der Waals surface area contributed by atoms with Crippen LogP contribution >= 0.6 is 0 Å². The molecule has 1 heterocycles. The van der Waals surface area contributed by atoms with E-state index < -0.39 is 11.7 Å². The number of alkyl halides is 3. The molecule has 3 rings (SSSR count). The highest BCUT2D eigenvalue weighted by Crippen LogP contribution is 2.32. The fourth-order valence-corrected chi connectivity index (χ4v) is 4.09. The lowest BCUT2D eigenvalue weighted by Gasteiger charge is -2.39. The van der Waals surface area contributed by atoms with E-state index in [-0.39, 0.29) is 17.5 Å². The van der Waals surface area contributed by atoms with Gasteiger partial charge in [-0.1, -0.05) is 6.07 Å². The van der Waals surface area contributed by atoms with E-state index in [9.17, 15) is 18.0 Å². The summed E-state index contributed by atoms with van der Waals surface area (Å²) < 4.78 is 44.0. The summed E-state index contributed by atoms with van der Waals surface area (Å²) in [6.07, 6.45) is -4.41. The summed E-state index contributed by atoms with van der Waals surface area (Å²) in [5.74, 6) is 0.607. The van der Waals surface area contributed by atoms with Gasteiger partial charge in [-0.15, -0.1) is 0 Å². The lowest BCUT2D eigenvalue weighted by atomic mass is 9.96. The van der Waals surface area contributed by atoms with Crippen LogP contribution in [0.3, 0.4) is 0 Å². The third-order valence-corrected chi connectivity index (χ3v) is 6.21. The molecule has 8 heteroatoms. The molecule has 32 heavy (non-hydrogen) atoms. The number of carbonyl (C=O) groups excluding carboxylic acids is 1. The summed E-state index contributed by atoms with van der Waals surface area (Å²) in [7, 11) is 0. The largest absolute Gasteiger partial charge is 0.492 e. The van der Waals surface area contributed by atoms with Gasteiger partial charge in [-0.05, 0) is 67.8 Å². The maximum Gasteiger partial charge on any atom is 0.416 e. The highest BCUT2D eigenvalue weighted by atomic mass is 19.4. The molecule has 1 saturated heterocycles. The third-order valence-electron chi connectivity index (χ3n) is 6.21. The van der Waals surface area contributed by atoms with Crippen molar-refractivity contribution in [2.45, 2.75) is 33.0 Å². The first kappa shape index (κ1) is 24.1. The molecule has 1 unspecified atom stereocenters. The van der Waals surface area contributed by atoms with E-state index in [1.54, 1.807) is 4.90 Å². The first-order chi connectivity index (χ1) is 15.1. The van der Waals surface area contributed by atoms with Crippen molar-refractivity contribution in [1.82, 2.24) is 9.80 Å². The maximum atomic E-state index is 12.8. The first-order valence-electron chi connectivity index (χ1n) is 10.8. The van der Waals surface area contributed by atoms with Crippen molar-refractivity contribution in [3.8, 4) is 5.75 Å². The van der Waals surface area contributed by atoms with Crippen LogP contribution in [0.5, 0.6) is 5.75 Å². The summed E-state index contributed by atoms with van der Waals surface area (Å²) in [6, 6.07) is 8.64. The van der Waals surface area contributed by atoms with Crippen LogP contribution in [0.2, 0.25) is 0 Å². The van der Waals surface area contributed by atoms with Gasteiger partial charge in [0, 0.05) is 44.3 Å². The molecule has 0 saturated carbocycles. The smallest absolute Gasteiger partial charge is 0.416 e. The van der Waals surface area contributed by atoms with Gasteiger partial charge in [0.15, 0.2) is 0 Å². The van der Waals surface area contributed by atoms with E-state index in [0.717, 1.165) is 23.4 Å². The van der Waals surface area contributed by atoms with Crippen LogP contribution in [-0.2, 0) is 6.18 Å². The van der Waals surface area contributed by atoms with Crippen molar-refractivity contribution in [3.63, 3.8) is 0 Å². The predicted octanol–water partition coefficient (Wildman–Crippen LogP) is 4.18. The normalized spacial score (nSPS) is 16.2. The van der Waals surface area contributed by atoms with Crippen molar-refractivity contribution in [1.29, 1.82) is 0 Å². The van der Waals surface area contributed by atoms with E-state index >= 15 is 0 Å². The molecule has 1 atom stereocenters. The Labute approximate surface area is 186 Å². The van der Waals surface area contributed by atoms with Gasteiger partial charge in [-0.2, -0.15) is 13.2 Å². The Morgan fingerprint density at radius 2 is 1.66 bits per heavy atom. The van der Waals surface area contributed by atoms with E-state index in [1.165, 1.54) is 23.3 Å². The molecular formula is C24H30F3N3O2. The van der Waals surface area contributed by atoms with E-state index in [4.69, 9.17) is 10.5 Å².